The first-order valence-corrected chi connectivity index (χ1v) is 13.8. The van der Waals surface area contributed by atoms with Gasteiger partial charge >= 0.3 is 0 Å². The Kier molecular flexibility index (Phi) is 4.96. The number of hydrogen-bond acceptors (Lipinski definition) is 0. The first-order chi connectivity index (χ1) is 19.7. The average Bonchev–Trinajstić information content (AvgIpc) is 3.33. The van der Waals surface area contributed by atoms with Crippen molar-refractivity contribution in [2.45, 2.75) is 6.92 Å². The summed E-state index contributed by atoms with van der Waals surface area (Å²) in [5.41, 5.74) is 9.62. The van der Waals surface area contributed by atoms with Gasteiger partial charge in [-0.15, -0.1) is 0 Å². The molecule has 0 N–H and O–H groups in total. The molecule has 8 rings (SSSR count). The highest BCUT2D eigenvalue weighted by molar-refractivity contribution is 6.25. The summed E-state index contributed by atoms with van der Waals surface area (Å²) in [6.45, 7) is 6.48. The van der Waals surface area contributed by atoms with Gasteiger partial charge in [0.05, 0.1) is 11.2 Å². The molecule has 7 aromatic carbocycles. The third kappa shape index (κ3) is 3.21. The topological polar surface area (TPSA) is 4.93 Å². The Bertz CT molecular complexity index is 2210. The summed E-state index contributed by atoms with van der Waals surface area (Å²) in [7, 11) is 0. The van der Waals surface area contributed by atoms with Gasteiger partial charge in [-0.05, 0) is 80.2 Å². The molecule has 0 aliphatic carbocycles. The first-order valence-electron chi connectivity index (χ1n) is 13.8. The number of aryl methyl sites for hydroxylation is 1. The molecular formula is C39H27N. The van der Waals surface area contributed by atoms with Crippen molar-refractivity contribution in [3.63, 3.8) is 0 Å². The van der Waals surface area contributed by atoms with Gasteiger partial charge in [-0.3, -0.25) is 0 Å². The zero-order chi connectivity index (χ0) is 26.8. The number of nitrogens with zero attached hydrogens (tertiary/aromatic N) is 1. The van der Waals surface area contributed by atoms with Crippen molar-refractivity contribution in [3.8, 4) is 28.1 Å². The van der Waals surface area contributed by atoms with Crippen LogP contribution in [-0.2, 0) is 0 Å². The van der Waals surface area contributed by atoms with Crippen LogP contribution in [0.5, 0.6) is 0 Å². The van der Waals surface area contributed by atoms with E-state index in [0.29, 0.717) is 0 Å². The van der Waals surface area contributed by atoms with Crippen LogP contribution in [0.3, 0.4) is 0 Å². The standard InChI is InChI=1S/C39H27N/c1-3-31-35-24-29(33-21-18-28-17-16-26-11-9-12-27-19-22-34(33)38(28)37(26)27)20-23-36(35)40(30-13-5-4-6-14-30)39(31)32-15-8-7-10-25(32)2/h3-24H,1H2,2H3. The molecule has 0 spiro atoms. The maximum Gasteiger partial charge on any atom is 0.0615 e. The second kappa shape index (κ2) is 8.69. The van der Waals surface area contributed by atoms with Crippen molar-refractivity contribution < 1.29 is 0 Å². The normalized spacial score (nSPS) is 11.7. The zero-order valence-electron chi connectivity index (χ0n) is 22.4. The minimum Gasteiger partial charge on any atom is -0.309 e. The maximum atomic E-state index is 4.30. The fraction of sp³-hybridized carbons (Fsp3) is 0.0256. The molecule has 0 saturated heterocycles. The number of hydrogen-bond donors (Lipinski definition) is 0. The molecule has 0 aliphatic rings. The Morgan fingerprint density at radius 1 is 0.575 bits per heavy atom. The Balaban J connectivity index is 1.45. The van der Waals surface area contributed by atoms with Crippen molar-refractivity contribution in [3.05, 3.63) is 145 Å². The van der Waals surface area contributed by atoms with Gasteiger partial charge in [0.25, 0.3) is 0 Å². The smallest absolute Gasteiger partial charge is 0.0615 e. The first kappa shape index (κ1) is 22.8. The highest BCUT2D eigenvalue weighted by Crippen LogP contribution is 2.43. The van der Waals surface area contributed by atoms with Gasteiger partial charge < -0.3 is 4.57 Å². The predicted molar refractivity (Wildman–Crippen MR) is 173 cm³/mol. The number of rotatable bonds is 4. The minimum absolute atomic E-state index is 1.15. The highest BCUT2D eigenvalue weighted by Gasteiger charge is 2.20. The van der Waals surface area contributed by atoms with Crippen LogP contribution in [0, 0.1) is 6.92 Å². The summed E-state index contributed by atoms with van der Waals surface area (Å²) in [5, 5.41) is 9.07. The van der Waals surface area contributed by atoms with Gasteiger partial charge in [-0.1, -0.05) is 116 Å². The third-order valence-electron chi connectivity index (χ3n) is 8.46. The van der Waals surface area contributed by atoms with E-state index in [2.05, 4.69) is 145 Å². The molecule has 40 heavy (non-hydrogen) atoms. The van der Waals surface area contributed by atoms with Crippen LogP contribution in [0.2, 0.25) is 0 Å². The van der Waals surface area contributed by atoms with E-state index in [1.807, 2.05) is 6.08 Å². The lowest BCUT2D eigenvalue weighted by atomic mass is 9.89. The summed E-state index contributed by atoms with van der Waals surface area (Å²) in [5.74, 6) is 0. The van der Waals surface area contributed by atoms with Gasteiger partial charge in [-0.2, -0.15) is 0 Å². The zero-order valence-corrected chi connectivity index (χ0v) is 22.4. The molecule has 188 valence electrons. The molecule has 8 aromatic rings. The van der Waals surface area contributed by atoms with Crippen LogP contribution in [0.4, 0.5) is 0 Å². The van der Waals surface area contributed by atoms with Crippen LogP contribution < -0.4 is 0 Å². The van der Waals surface area contributed by atoms with Crippen LogP contribution in [0.15, 0.2) is 134 Å². The molecule has 1 heteroatoms. The van der Waals surface area contributed by atoms with E-state index >= 15 is 0 Å². The van der Waals surface area contributed by atoms with E-state index in [9.17, 15) is 0 Å². The second-order valence-electron chi connectivity index (χ2n) is 10.7. The fourth-order valence-electron chi connectivity index (χ4n) is 6.63. The van der Waals surface area contributed by atoms with E-state index in [-0.39, 0.29) is 0 Å². The van der Waals surface area contributed by atoms with Gasteiger partial charge in [-0.25, -0.2) is 0 Å². The molecule has 0 saturated carbocycles. The van der Waals surface area contributed by atoms with Crippen molar-refractivity contribution in [1.82, 2.24) is 4.57 Å². The van der Waals surface area contributed by atoms with Crippen molar-refractivity contribution >= 4 is 49.3 Å². The Hall–Kier alpha value is -5.14. The van der Waals surface area contributed by atoms with Gasteiger partial charge in [0.1, 0.15) is 0 Å². The number of benzene rings is 7. The third-order valence-corrected chi connectivity index (χ3v) is 8.46. The number of fused-ring (bicyclic) bond motifs is 1. The van der Waals surface area contributed by atoms with E-state index in [1.54, 1.807) is 0 Å². The Morgan fingerprint density at radius 3 is 2.05 bits per heavy atom. The van der Waals surface area contributed by atoms with Gasteiger partial charge in [0, 0.05) is 22.2 Å². The lowest BCUT2D eigenvalue weighted by Gasteiger charge is -2.15. The highest BCUT2D eigenvalue weighted by atomic mass is 15.0. The molecule has 0 fully saturated rings. The second-order valence-corrected chi connectivity index (χ2v) is 10.7. The number of aromatic nitrogens is 1. The summed E-state index contributed by atoms with van der Waals surface area (Å²) < 4.78 is 2.39. The number of para-hydroxylation sites is 1. The lowest BCUT2D eigenvalue weighted by molar-refractivity contribution is 1.13. The summed E-state index contributed by atoms with van der Waals surface area (Å²) in [6.07, 6.45) is 2.03. The predicted octanol–water partition coefficient (Wildman–Crippen LogP) is 10.8. The summed E-state index contributed by atoms with van der Waals surface area (Å²) >= 11 is 0. The largest absolute Gasteiger partial charge is 0.309 e. The maximum absolute atomic E-state index is 4.30. The molecule has 0 atom stereocenters. The molecule has 1 aromatic heterocycles. The molecule has 0 amide bonds. The Labute approximate surface area is 233 Å². The van der Waals surface area contributed by atoms with Crippen molar-refractivity contribution in [2.75, 3.05) is 0 Å². The van der Waals surface area contributed by atoms with E-state index in [1.165, 1.54) is 71.2 Å². The molecule has 0 radical (unpaired) electrons. The fourth-order valence-corrected chi connectivity index (χ4v) is 6.63. The van der Waals surface area contributed by atoms with Crippen LogP contribution >= 0.6 is 0 Å². The van der Waals surface area contributed by atoms with Crippen molar-refractivity contribution in [2.24, 2.45) is 0 Å². The van der Waals surface area contributed by atoms with E-state index < -0.39 is 0 Å². The average molecular weight is 510 g/mol. The van der Waals surface area contributed by atoms with E-state index in [0.717, 1.165) is 11.3 Å². The van der Waals surface area contributed by atoms with Crippen LogP contribution in [0.1, 0.15) is 11.1 Å². The van der Waals surface area contributed by atoms with E-state index in [4.69, 9.17) is 0 Å². The molecule has 0 aliphatic heterocycles. The monoisotopic (exact) mass is 509 g/mol. The summed E-state index contributed by atoms with van der Waals surface area (Å²) in [6, 6.07) is 46.4. The van der Waals surface area contributed by atoms with Crippen LogP contribution in [-0.4, -0.2) is 4.57 Å². The quantitative estimate of drug-likeness (QED) is 0.208. The molecule has 1 nitrogen and oxygen atoms in total. The van der Waals surface area contributed by atoms with Crippen molar-refractivity contribution in [1.29, 1.82) is 0 Å². The van der Waals surface area contributed by atoms with Gasteiger partial charge in [0.2, 0.25) is 0 Å². The summed E-state index contributed by atoms with van der Waals surface area (Å²) in [4.78, 5) is 0. The lowest BCUT2D eigenvalue weighted by Crippen LogP contribution is -1.98. The Morgan fingerprint density at radius 2 is 1.27 bits per heavy atom. The van der Waals surface area contributed by atoms with Gasteiger partial charge in [0.15, 0.2) is 0 Å². The van der Waals surface area contributed by atoms with Crippen LogP contribution in [0.25, 0.3) is 77.4 Å². The minimum atomic E-state index is 1.15. The molecule has 0 bridgehead atoms. The SMILES string of the molecule is C=Cc1c(-c2ccccc2C)n(-c2ccccc2)c2ccc(-c3ccc4ccc5cccc6ccc3c4c56)cc12. The molecule has 1 heterocycles. The molecule has 0 unspecified atom stereocenters. The molecular weight excluding hydrogens is 482 g/mol.